The molecule has 0 spiro atoms. The van der Waals surface area contributed by atoms with Crippen molar-refractivity contribution in [3.8, 4) is 11.5 Å². The molecule has 4 rings (SSSR count). The van der Waals surface area contributed by atoms with E-state index in [1.807, 2.05) is 12.1 Å². The van der Waals surface area contributed by atoms with Crippen LogP contribution in [0.4, 0.5) is 5.69 Å². The Kier molecular flexibility index (Phi) is 6.10. The summed E-state index contributed by atoms with van der Waals surface area (Å²) < 4.78 is 11.1. The SMILES string of the molecule is CC(OC(=O)c1ccccc1-c1nc2ccccc2o1)C(=O)Nc1ccc(Cl)c(C(=O)O)c1. The van der Waals surface area contributed by atoms with Crippen molar-refractivity contribution in [2.24, 2.45) is 0 Å². The number of nitrogens with one attached hydrogen (secondary N) is 1. The van der Waals surface area contributed by atoms with Gasteiger partial charge in [0, 0.05) is 5.69 Å². The highest BCUT2D eigenvalue weighted by Gasteiger charge is 2.23. The molecule has 0 aliphatic carbocycles. The molecule has 2 N–H and O–H groups in total. The second-order valence-corrected chi connectivity index (χ2v) is 7.48. The van der Waals surface area contributed by atoms with Crippen LogP contribution in [0.15, 0.2) is 71.1 Å². The molecule has 1 heterocycles. The molecule has 8 nitrogen and oxygen atoms in total. The Balaban J connectivity index is 1.51. The molecule has 1 unspecified atom stereocenters. The van der Waals surface area contributed by atoms with Gasteiger partial charge in [0.05, 0.1) is 21.7 Å². The molecule has 1 aromatic heterocycles. The lowest BCUT2D eigenvalue weighted by Gasteiger charge is -2.15. The van der Waals surface area contributed by atoms with Crippen LogP contribution in [0.25, 0.3) is 22.6 Å². The number of nitrogens with zero attached hydrogens (tertiary/aromatic N) is 1. The first-order valence-electron chi connectivity index (χ1n) is 9.83. The maximum atomic E-state index is 12.8. The molecular weight excluding hydrogens is 448 g/mol. The van der Waals surface area contributed by atoms with Crippen molar-refractivity contribution < 1.29 is 28.6 Å². The van der Waals surface area contributed by atoms with E-state index < -0.39 is 23.9 Å². The predicted octanol–water partition coefficient (Wildman–Crippen LogP) is 5.03. The Bertz CT molecular complexity index is 1350. The minimum Gasteiger partial charge on any atom is -0.478 e. The maximum absolute atomic E-state index is 12.8. The van der Waals surface area contributed by atoms with E-state index in [0.717, 1.165) is 0 Å². The van der Waals surface area contributed by atoms with Crippen molar-refractivity contribution in [3.05, 3.63) is 82.9 Å². The summed E-state index contributed by atoms with van der Waals surface area (Å²) >= 11 is 5.84. The number of carboxylic acid groups (broad SMARTS) is 1. The Morgan fingerprint density at radius 2 is 1.76 bits per heavy atom. The molecule has 9 heteroatoms. The number of amides is 1. The average Bonchev–Trinajstić information content (AvgIpc) is 3.24. The fraction of sp³-hybridized carbons (Fsp3) is 0.0833. The summed E-state index contributed by atoms with van der Waals surface area (Å²) in [6.07, 6.45) is -1.17. The van der Waals surface area contributed by atoms with Gasteiger partial charge in [-0.05, 0) is 49.4 Å². The number of halogens is 1. The molecular formula is C24H17ClN2O6. The fourth-order valence-electron chi connectivity index (χ4n) is 3.12. The Hall–Kier alpha value is -4.17. The van der Waals surface area contributed by atoms with Gasteiger partial charge in [0.2, 0.25) is 5.89 Å². The lowest BCUT2D eigenvalue weighted by atomic mass is 10.1. The van der Waals surface area contributed by atoms with E-state index >= 15 is 0 Å². The molecule has 166 valence electrons. The smallest absolute Gasteiger partial charge is 0.339 e. The van der Waals surface area contributed by atoms with Crippen molar-refractivity contribution in [3.63, 3.8) is 0 Å². The zero-order valence-electron chi connectivity index (χ0n) is 17.2. The van der Waals surface area contributed by atoms with E-state index in [9.17, 15) is 14.4 Å². The van der Waals surface area contributed by atoms with Crippen LogP contribution in [-0.4, -0.2) is 34.0 Å². The number of ether oxygens (including phenoxy) is 1. The van der Waals surface area contributed by atoms with Gasteiger partial charge in [-0.25, -0.2) is 14.6 Å². The number of para-hydroxylation sites is 2. The first-order chi connectivity index (χ1) is 15.8. The summed E-state index contributed by atoms with van der Waals surface area (Å²) in [7, 11) is 0. The van der Waals surface area contributed by atoms with E-state index in [0.29, 0.717) is 16.7 Å². The summed E-state index contributed by atoms with van der Waals surface area (Å²) in [5, 5.41) is 11.7. The lowest BCUT2D eigenvalue weighted by molar-refractivity contribution is -0.123. The quantitative estimate of drug-likeness (QED) is 0.384. The number of esters is 1. The second-order valence-electron chi connectivity index (χ2n) is 7.07. The standard InChI is InChI=1S/C24H17ClN2O6/c1-13(21(28)26-14-10-11-18(25)17(12-14)23(29)30)32-24(31)16-7-3-2-6-15(16)22-27-19-8-4-5-9-20(19)33-22/h2-13H,1H3,(H,26,28)(H,29,30). The number of aromatic carboxylic acids is 1. The lowest BCUT2D eigenvalue weighted by Crippen LogP contribution is -2.30. The van der Waals surface area contributed by atoms with Crippen LogP contribution in [0.3, 0.4) is 0 Å². The van der Waals surface area contributed by atoms with E-state index in [1.54, 1.807) is 36.4 Å². The van der Waals surface area contributed by atoms with Crippen LogP contribution in [0.5, 0.6) is 0 Å². The summed E-state index contributed by atoms with van der Waals surface area (Å²) in [6.45, 7) is 1.41. The minimum atomic E-state index is -1.23. The molecule has 0 saturated heterocycles. The van der Waals surface area contributed by atoms with Gasteiger partial charge >= 0.3 is 11.9 Å². The summed E-state index contributed by atoms with van der Waals surface area (Å²) in [5.41, 5.74) is 1.88. The van der Waals surface area contributed by atoms with Gasteiger partial charge in [-0.1, -0.05) is 35.9 Å². The van der Waals surface area contributed by atoms with Gasteiger partial charge in [0.1, 0.15) is 5.52 Å². The first kappa shape index (κ1) is 22.0. The van der Waals surface area contributed by atoms with Crippen molar-refractivity contribution in [1.29, 1.82) is 0 Å². The zero-order chi connectivity index (χ0) is 23.5. The van der Waals surface area contributed by atoms with Gasteiger partial charge in [-0.15, -0.1) is 0 Å². The molecule has 3 aromatic carbocycles. The number of aromatic nitrogens is 1. The molecule has 1 atom stereocenters. The third kappa shape index (κ3) is 4.70. The molecule has 0 radical (unpaired) electrons. The van der Waals surface area contributed by atoms with Crippen LogP contribution < -0.4 is 5.32 Å². The van der Waals surface area contributed by atoms with Gasteiger partial charge in [0.15, 0.2) is 11.7 Å². The third-order valence-corrected chi connectivity index (χ3v) is 5.12. The monoisotopic (exact) mass is 464 g/mol. The highest BCUT2D eigenvalue weighted by Crippen LogP contribution is 2.28. The Labute approximate surface area is 192 Å². The minimum absolute atomic E-state index is 0.0378. The number of hydrogen-bond acceptors (Lipinski definition) is 6. The Morgan fingerprint density at radius 1 is 1.03 bits per heavy atom. The van der Waals surface area contributed by atoms with E-state index in [1.165, 1.54) is 25.1 Å². The number of fused-ring (bicyclic) bond motifs is 1. The molecule has 0 aliphatic rings. The molecule has 33 heavy (non-hydrogen) atoms. The highest BCUT2D eigenvalue weighted by molar-refractivity contribution is 6.33. The number of anilines is 1. The van der Waals surface area contributed by atoms with Crippen molar-refractivity contribution in [2.45, 2.75) is 13.0 Å². The number of rotatable bonds is 6. The number of hydrogen-bond donors (Lipinski definition) is 2. The molecule has 0 aliphatic heterocycles. The predicted molar refractivity (Wildman–Crippen MR) is 121 cm³/mol. The number of benzene rings is 3. The molecule has 0 saturated carbocycles. The highest BCUT2D eigenvalue weighted by atomic mass is 35.5. The fourth-order valence-corrected chi connectivity index (χ4v) is 3.32. The first-order valence-corrected chi connectivity index (χ1v) is 10.2. The summed E-state index contributed by atoms with van der Waals surface area (Å²) in [4.78, 5) is 41.0. The van der Waals surface area contributed by atoms with Gasteiger partial charge in [0.25, 0.3) is 5.91 Å². The molecule has 4 aromatic rings. The number of carboxylic acids is 1. The van der Waals surface area contributed by atoms with E-state index in [-0.39, 0.29) is 27.7 Å². The second kappa shape index (κ2) is 9.13. The number of carbonyl (C=O) groups is 3. The molecule has 1 amide bonds. The van der Waals surface area contributed by atoms with Gasteiger partial charge < -0.3 is 19.6 Å². The average molecular weight is 465 g/mol. The van der Waals surface area contributed by atoms with Crippen molar-refractivity contribution in [1.82, 2.24) is 4.98 Å². The van der Waals surface area contributed by atoms with Crippen molar-refractivity contribution >= 4 is 46.2 Å². The van der Waals surface area contributed by atoms with Crippen LogP contribution in [0, 0.1) is 0 Å². The third-order valence-electron chi connectivity index (χ3n) is 4.79. The van der Waals surface area contributed by atoms with Crippen LogP contribution in [0.2, 0.25) is 5.02 Å². The summed E-state index contributed by atoms with van der Waals surface area (Å²) in [5.74, 6) is -2.35. The van der Waals surface area contributed by atoms with Crippen LogP contribution >= 0.6 is 11.6 Å². The van der Waals surface area contributed by atoms with Crippen LogP contribution in [-0.2, 0) is 9.53 Å². The molecule has 0 bridgehead atoms. The van der Waals surface area contributed by atoms with E-state index in [2.05, 4.69) is 10.3 Å². The van der Waals surface area contributed by atoms with Crippen molar-refractivity contribution in [2.75, 3.05) is 5.32 Å². The summed E-state index contributed by atoms with van der Waals surface area (Å²) in [6, 6.07) is 17.9. The largest absolute Gasteiger partial charge is 0.478 e. The van der Waals surface area contributed by atoms with Crippen LogP contribution in [0.1, 0.15) is 27.6 Å². The number of carbonyl (C=O) groups excluding carboxylic acids is 2. The maximum Gasteiger partial charge on any atom is 0.339 e. The zero-order valence-corrected chi connectivity index (χ0v) is 18.0. The van der Waals surface area contributed by atoms with Gasteiger partial charge in [-0.2, -0.15) is 0 Å². The van der Waals surface area contributed by atoms with E-state index in [4.69, 9.17) is 25.9 Å². The van der Waals surface area contributed by atoms with Gasteiger partial charge in [-0.3, -0.25) is 4.79 Å². The molecule has 0 fully saturated rings. The topological polar surface area (TPSA) is 119 Å². The number of oxazole rings is 1. The normalized spacial score (nSPS) is 11.7. The Morgan fingerprint density at radius 3 is 2.52 bits per heavy atom.